The molecule has 144 valence electrons. The van der Waals surface area contributed by atoms with E-state index in [0.717, 1.165) is 23.7 Å². The van der Waals surface area contributed by atoms with Crippen molar-refractivity contribution in [3.8, 4) is 0 Å². The summed E-state index contributed by atoms with van der Waals surface area (Å²) in [7, 11) is 9.87. The van der Waals surface area contributed by atoms with E-state index < -0.39 is 20.8 Å². The molecule has 0 aromatic carbocycles. The molecule has 0 spiro atoms. The van der Waals surface area contributed by atoms with Crippen molar-refractivity contribution in [2.24, 2.45) is 34.5 Å². The summed E-state index contributed by atoms with van der Waals surface area (Å²) in [5.41, 5.74) is 1.20. The van der Waals surface area contributed by atoms with Gasteiger partial charge in [-0.1, -0.05) is 27.7 Å². The summed E-state index contributed by atoms with van der Waals surface area (Å²) in [4.78, 5) is 0. The Morgan fingerprint density at radius 3 is 1.44 bits per heavy atom. The van der Waals surface area contributed by atoms with Gasteiger partial charge in [-0.3, -0.25) is 0 Å². The normalized spacial score (nSPS) is 41.0. The van der Waals surface area contributed by atoms with Gasteiger partial charge >= 0.3 is 37.9 Å². The fraction of sp³-hybridized carbons (Fsp3) is 0.583. The topological polar surface area (TPSA) is 0 Å². The Morgan fingerprint density at radius 2 is 1.11 bits per heavy atom. The number of rotatable bonds is 0. The number of hydrogen-bond acceptors (Lipinski definition) is 0. The minimum atomic E-state index is -0.826. The first-order valence-electron chi connectivity index (χ1n) is 10.3. The quantitative estimate of drug-likeness (QED) is 0.349. The van der Waals surface area contributed by atoms with Crippen molar-refractivity contribution < 1.29 is 20.8 Å². The maximum absolute atomic E-state index is 4.93. The van der Waals surface area contributed by atoms with Crippen LogP contribution in [0.1, 0.15) is 53.4 Å². The minimum absolute atomic E-state index is 0.599. The molecule has 0 amide bonds. The van der Waals surface area contributed by atoms with Crippen molar-refractivity contribution in [2.45, 2.75) is 53.4 Å². The third-order valence-electron chi connectivity index (χ3n) is 8.51. The number of hydrogen-bond donors (Lipinski definition) is 0. The summed E-state index contributed by atoms with van der Waals surface area (Å²) in [6, 6.07) is 0. The average molecular weight is 481 g/mol. The second-order valence-corrected chi connectivity index (χ2v) is 13.8. The molecular weight excluding hydrogens is 450 g/mol. The molecule has 8 aliphatic carbocycles. The molecule has 0 N–H and O–H groups in total. The molecule has 0 aromatic heterocycles. The van der Waals surface area contributed by atoms with E-state index in [1.807, 2.05) is 0 Å². The summed E-state index contributed by atoms with van der Waals surface area (Å²) in [6.07, 6.45) is 19.3. The summed E-state index contributed by atoms with van der Waals surface area (Å²) < 4.78 is 0. The van der Waals surface area contributed by atoms with Crippen LogP contribution in [-0.2, 0) is 20.8 Å². The molecule has 8 rings (SSSR count). The molecule has 0 saturated heterocycles. The zero-order valence-electron chi connectivity index (χ0n) is 16.9. The summed E-state index contributed by atoms with van der Waals surface area (Å²) in [6.45, 7) is 9.73. The van der Waals surface area contributed by atoms with Gasteiger partial charge in [0.2, 0.25) is 0 Å². The molecule has 0 nitrogen and oxygen atoms in total. The van der Waals surface area contributed by atoms with Crippen LogP contribution >= 0.6 is 17.0 Å². The van der Waals surface area contributed by atoms with Gasteiger partial charge in [0, 0.05) is 0 Å². The van der Waals surface area contributed by atoms with E-state index >= 15 is 0 Å². The van der Waals surface area contributed by atoms with Crippen molar-refractivity contribution in [1.29, 1.82) is 0 Å². The molecule has 4 atom stereocenters. The molecule has 0 heterocycles. The average Bonchev–Trinajstić information content (AvgIpc) is 3.30. The molecule has 0 aromatic rings. The molecule has 8 saturated carbocycles. The number of halogens is 2. The van der Waals surface area contributed by atoms with Gasteiger partial charge in [0.25, 0.3) is 0 Å². The summed E-state index contributed by atoms with van der Waals surface area (Å²) in [5, 5.41) is 0. The van der Waals surface area contributed by atoms with Crippen LogP contribution < -0.4 is 0 Å². The van der Waals surface area contributed by atoms with E-state index in [4.69, 9.17) is 17.0 Å². The van der Waals surface area contributed by atoms with Crippen LogP contribution in [0.2, 0.25) is 0 Å². The fourth-order valence-electron chi connectivity index (χ4n) is 6.31. The van der Waals surface area contributed by atoms with Gasteiger partial charge in [0.1, 0.15) is 0 Å². The molecule has 3 heteroatoms. The van der Waals surface area contributed by atoms with E-state index in [0.29, 0.717) is 10.8 Å². The molecule has 0 aliphatic heterocycles. The SMILES string of the molecule is CC1(C)C2C[C]3[CH][CH][CH][C]3C1C2.CC1(C)C2C[C]3[CH][CH][CH][C]3C1C2.[Cl][Zr][Cl]. The predicted molar refractivity (Wildman–Crippen MR) is 110 cm³/mol. The van der Waals surface area contributed by atoms with E-state index in [1.165, 1.54) is 25.7 Å². The van der Waals surface area contributed by atoms with Gasteiger partial charge in [-0.15, -0.1) is 0 Å². The Hall–Kier alpha value is 1.46. The van der Waals surface area contributed by atoms with Gasteiger partial charge in [-0.05, 0) is 122 Å². The molecule has 27 heavy (non-hydrogen) atoms. The first kappa shape index (κ1) is 21.7. The van der Waals surface area contributed by atoms with Crippen LogP contribution in [0.3, 0.4) is 0 Å². The molecule has 4 bridgehead atoms. The van der Waals surface area contributed by atoms with Gasteiger partial charge in [0.05, 0.1) is 0 Å². The van der Waals surface area contributed by atoms with Crippen LogP contribution in [0, 0.1) is 96.7 Å². The van der Waals surface area contributed by atoms with Crippen LogP contribution in [0.25, 0.3) is 0 Å². The van der Waals surface area contributed by atoms with E-state index in [9.17, 15) is 0 Å². The Kier molecular flexibility index (Phi) is 6.58. The van der Waals surface area contributed by atoms with Crippen molar-refractivity contribution in [1.82, 2.24) is 0 Å². The van der Waals surface area contributed by atoms with Crippen molar-refractivity contribution in [3.63, 3.8) is 0 Å². The van der Waals surface area contributed by atoms with Crippen LogP contribution in [0.4, 0.5) is 0 Å². The van der Waals surface area contributed by atoms with Gasteiger partial charge < -0.3 is 0 Å². The zero-order chi connectivity index (χ0) is 19.4. The molecule has 8 aliphatic rings. The summed E-state index contributed by atoms with van der Waals surface area (Å²) >= 11 is -0.826. The van der Waals surface area contributed by atoms with Crippen molar-refractivity contribution in [2.75, 3.05) is 0 Å². The Bertz CT molecular complexity index is 484. The molecular formula is C24H30Cl2Zr. The summed E-state index contributed by atoms with van der Waals surface area (Å²) in [5.74, 6) is 10.3. The van der Waals surface area contributed by atoms with E-state index in [-0.39, 0.29) is 0 Å². The third-order valence-corrected chi connectivity index (χ3v) is 8.51. The molecule has 10 radical (unpaired) electrons. The van der Waals surface area contributed by atoms with Crippen LogP contribution in [0.15, 0.2) is 0 Å². The maximum atomic E-state index is 4.93. The van der Waals surface area contributed by atoms with Crippen molar-refractivity contribution in [3.05, 3.63) is 62.2 Å². The Morgan fingerprint density at radius 1 is 0.741 bits per heavy atom. The van der Waals surface area contributed by atoms with Gasteiger partial charge in [-0.2, -0.15) is 0 Å². The second-order valence-electron chi connectivity index (χ2n) is 10.1. The third kappa shape index (κ3) is 3.69. The fourth-order valence-corrected chi connectivity index (χ4v) is 6.31. The Balaban J connectivity index is 0.000000117. The van der Waals surface area contributed by atoms with Gasteiger partial charge in [0.15, 0.2) is 0 Å². The zero-order valence-corrected chi connectivity index (χ0v) is 20.8. The van der Waals surface area contributed by atoms with Crippen LogP contribution in [0.5, 0.6) is 0 Å². The van der Waals surface area contributed by atoms with E-state index in [1.54, 1.807) is 23.7 Å². The van der Waals surface area contributed by atoms with Crippen molar-refractivity contribution >= 4 is 17.0 Å². The monoisotopic (exact) mass is 478 g/mol. The second kappa shape index (κ2) is 8.19. The first-order valence-corrected chi connectivity index (χ1v) is 16.6. The molecule has 8 fully saturated rings. The first-order chi connectivity index (χ1) is 12.8. The van der Waals surface area contributed by atoms with E-state index in [2.05, 4.69) is 66.2 Å². The van der Waals surface area contributed by atoms with Crippen LogP contribution in [-0.4, -0.2) is 0 Å². The Labute approximate surface area is 187 Å². The predicted octanol–water partition coefficient (Wildman–Crippen LogP) is 7.03. The standard InChI is InChI=1S/2C12H15.2ClH.Zr/c2*1-12(2)9-6-8-4-3-5-10(8)11(12)7-9;;;/h2*3-5,9,11H,6-7H2,1-2H3;2*1H;/q;;;;+2/p-2. The van der Waals surface area contributed by atoms with Gasteiger partial charge in [-0.25, -0.2) is 0 Å². The molecule has 4 unspecified atom stereocenters.